The highest BCUT2D eigenvalue weighted by atomic mass is 16.5. The van der Waals surface area contributed by atoms with Gasteiger partial charge in [0, 0.05) is 37.4 Å². The number of hydrogen-bond donors (Lipinski definition) is 0. The Kier molecular flexibility index (Phi) is 8.00. The maximum Gasteiger partial charge on any atom is 0.358 e. The van der Waals surface area contributed by atoms with Crippen molar-refractivity contribution >= 4 is 17.6 Å². The highest BCUT2D eigenvalue weighted by Gasteiger charge is 2.24. The molecule has 9 heteroatoms. The summed E-state index contributed by atoms with van der Waals surface area (Å²) in [6, 6.07) is 24.7. The molecule has 206 valence electrons. The molecule has 1 amide bonds. The maximum absolute atomic E-state index is 13.1. The number of carbonyl (C=O) groups is 2. The van der Waals surface area contributed by atoms with E-state index in [-0.39, 0.29) is 18.2 Å². The van der Waals surface area contributed by atoms with E-state index in [9.17, 15) is 9.59 Å². The molecular formula is C31H32N4O5. The number of piperazine rings is 1. The molecule has 0 unspecified atom stereocenters. The zero-order valence-corrected chi connectivity index (χ0v) is 22.9. The highest BCUT2D eigenvalue weighted by molar-refractivity contribution is 5.97. The molecule has 1 aliphatic heterocycles. The molecule has 0 N–H and O–H groups in total. The van der Waals surface area contributed by atoms with Gasteiger partial charge in [0.05, 0.1) is 37.8 Å². The lowest BCUT2D eigenvalue weighted by Gasteiger charge is -2.36. The zero-order valence-electron chi connectivity index (χ0n) is 22.9. The van der Waals surface area contributed by atoms with Gasteiger partial charge in [-0.05, 0) is 61.5 Å². The number of para-hydroxylation sites is 1. The number of amides is 1. The number of hydrogen-bond acceptors (Lipinski definition) is 7. The summed E-state index contributed by atoms with van der Waals surface area (Å²) < 4.78 is 17.6. The van der Waals surface area contributed by atoms with Gasteiger partial charge in [0.1, 0.15) is 11.5 Å². The summed E-state index contributed by atoms with van der Waals surface area (Å²) in [5, 5.41) is 4.55. The Bertz CT molecular complexity index is 1470. The second-order valence-corrected chi connectivity index (χ2v) is 9.27. The topological polar surface area (TPSA) is 86.1 Å². The smallest absolute Gasteiger partial charge is 0.358 e. The van der Waals surface area contributed by atoms with Crippen molar-refractivity contribution < 1.29 is 23.8 Å². The normalized spacial score (nSPS) is 13.2. The molecule has 0 saturated carbocycles. The van der Waals surface area contributed by atoms with Crippen LogP contribution in [-0.2, 0) is 4.74 Å². The fraction of sp³-hybridized carbons (Fsp3) is 0.258. The van der Waals surface area contributed by atoms with E-state index < -0.39 is 5.97 Å². The molecule has 0 aliphatic carbocycles. The highest BCUT2D eigenvalue weighted by Crippen LogP contribution is 2.28. The minimum Gasteiger partial charge on any atom is -0.497 e. The van der Waals surface area contributed by atoms with Gasteiger partial charge in [-0.3, -0.25) is 4.79 Å². The lowest BCUT2D eigenvalue weighted by molar-refractivity contribution is 0.0518. The van der Waals surface area contributed by atoms with Gasteiger partial charge < -0.3 is 24.0 Å². The van der Waals surface area contributed by atoms with Crippen LogP contribution in [0.4, 0.5) is 5.69 Å². The van der Waals surface area contributed by atoms with Crippen molar-refractivity contribution in [2.45, 2.75) is 6.92 Å². The van der Waals surface area contributed by atoms with E-state index in [1.54, 1.807) is 44.0 Å². The van der Waals surface area contributed by atoms with Gasteiger partial charge in [-0.2, -0.15) is 5.10 Å². The first-order valence-corrected chi connectivity index (χ1v) is 13.2. The molecule has 5 rings (SSSR count). The third-order valence-corrected chi connectivity index (χ3v) is 6.94. The van der Waals surface area contributed by atoms with Crippen LogP contribution in [0.25, 0.3) is 16.9 Å². The number of anilines is 1. The predicted molar refractivity (Wildman–Crippen MR) is 153 cm³/mol. The molecule has 4 aromatic rings. The molecule has 1 saturated heterocycles. The van der Waals surface area contributed by atoms with Crippen LogP contribution in [0.1, 0.15) is 27.8 Å². The molecule has 40 heavy (non-hydrogen) atoms. The summed E-state index contributed by atoms with van der Waals surface area (Å²) in [6.07, 6.45) is 0. The zero-order chi connectivity index (χ0) is 28.1. The van der Waals surface area contributed by atoms with Crippen LogP contribution in [-0.4, -0.2) is 73.6 Å². The van der Waals surface area contributed by atoms with E-state index in [0.29, 0.717) is 24.4 Å². The van der Waals surface area contributed by atoms with Gasteiger partial charge in [-0.25, -0.2) is 9.48 Å². The van der Waals surface area contributed by atoms with Gasteiger partial charge in [-0.1, -0.05) is 24.3 Å². The minimum atomic E-state index is -0.465. The Labute approximate surface area is 233 Å². The lowest BCUT2D eigenvalue weighted by atomic mass is 10.1. The number of aromatic nitrogens is 2. The van der Waals surface area contributed by atoms with E-state index in [4.69, 9.17) is 14.2 Å². The molecule has 0 bridgehead atoms. The number of esters is 1. The largest absolute Gasteiger partial charge is 0.497 e. The minimum absolute atomic E-state index is 0.0170. The van der Waals surface area contributed by atoms with Crippen molar-refractivity contribution in [2.24, 2.45) is 0 Å². The van der Waals surface area contributed by atoms with Crippen molar-refractivity contribution in [3.05, 3.63) is 90.1 Å². The van der Waals surface area contributed by atoms with Crippen LogP contribution in [0.3, 0.4) is 0 Å². The number of nitrogens with zero attached hydrogens (tertiary/aromatic N) is 4. The summed E-state index contributed by atoms with van der Waals surface area (Å²) >= 11 is 0. The monoisotopic (exact) mass is 540 g/mol. The van der Waals surface area contributed by atoms with E-state index >= 15 is 0 Å². The van der Waals surface area contributed by atoms with E-state index in [2.05, 4.69) is 22.1 Å². The molecule has 1 aliphatic rings. The summed E-state index contributed by atoms with van der Waals surface area (Å²) in [7, 11) is 3.20. The van der Waals surface area contributed by atoms with Gasteiger partial charge in [0.15, 0.2) is 5.69 Å². The van der Waals surface area contributed by atoms with Crippen LogP contribution in [0.5, 0.6) is 11.5 Å². The first-order chi connectivity index (χ1) is 19.5. The number of benzene rings is 3. The Morgan fingerprint density at radius 2 is 1.50 bits per heavy atom. The number of carbonyl (C=O) groups excluding carboxylic acids is 2. The first kappa shape index (κ1) is 26.8. The molecule has 0 spiro atoms. The SMILES string of the molecule is CCOC(=O)c1cc(-c2ccc(N3CCN(C(=O)c4ccccc4OC)CC3)cc2)n(-c2ccc(OC)cc2)n1. The molecular weight excluding hydrogens is 508 g/mol. The number of ether oxygens (including phenoxy) is 3. The summed E-state index contributed by atoms with van der Waals surface area (Å²) in [5.41, 5.74) is 4.37. The molecule has 9 nitrogen and oxygen atoms in total. The number of methoxy groups -OCH3 is 2. The summed E-state index contributed by atoms with van der Waals surface area (Å²) in [4.78, 5) is 29.7. The van der Waals surface area contributed by atoms with Crippen molar-refractivity contribution in [2.75, 3.05) is 51.9 Å². The van der Waals surface area contributed by atoms with Gasteiger partial charge in [-0.15, -0.1) is 0 Å². The average Bonchev–Trinajstić information content (AvgIpc) is 3.47. The van der Waals surface area contributed by atoms with Crippen LogP contribution >= 0.6 is 0 Å². The van der Waals surface area contributed by atoms with E-state index in [1.165, 1.54) is 0 Å². The van der Waals surface area contributed by atoms with E-state index in [0.717, 1.165) is 41.5 Å². The van der Waals surface area contributed by atoms with Crippen molar-refractivity contribution in [1.82, 2.24) is 14.7 Å². The standard InChI is InChI=1S/C31H32N4O5/c1-4-40-31(37)27-21-28(35(32-27)24-13-15-25(38-2)16-14-24)22-9-11-23(12-10-22)33-17-19-34(20-18-33)30(36)26-7-5-6-8-29(26)39-3/h5-16,21H,4,17-20H2,1-3H3. The quantitative estimate of drug-likeness (QED) is 0.300. The second kappa shape index (κ2) is 11.9. The Morgan fingerprint density at radius 1 is 0.825 bits per heavy atom. The average molecular weight is 541 g/mol. The van der Waals surface area contributed by atoms with Crippen LogP contribution in [0, 0.1) is 0 Å². The van der Waals surface area contributed by atoms with Gasteiger partial charge in [0.2, 0.25) is 0 Å². The van der Waals surface area contributed by atoms with Crippen LogP contribution < -0.4 is 14.4 Å². The maximum atomic E-state index is 13.1. The summed E-state index contributed by atoms with van der Waals surface area (Å²) in [5.74, 6) is 0.840. The van der Waals surface area contributed by atoms with Crippen molar-refractivity contribution in [1.29, 1.82) is 0 Å². The Hall–Kier alpha value is -4.79. The molecule has 2 heterocycles. The van der Waals surface area contributed by atoms with Crippen LogP contribution in [0.2, 0.25) is 0 Å². The lowest BCUT2D eigenvalue weighted by Crippen LogP contribution is -2.48. The molecule has 1 aromatic heterocycles. The van der Waals surface area contributed by atoms with Crippen molar-refractivity contribution in [3.63, 3.8) is 0 Å². The Morgan fingerprint density at radius 3 is 2.15 bits per heavy atom. The Balaban J connectivity index is 1.33. The fourth-order valence-electron chi connectivity index (χ4n) is 4.81. The predicted octanol–water partition coefficient (Wildman–Crippen LogP) is 4.70. The second-order valence-electron chi connectivity index (χ2n) is 9.27. The molecule has 3 aromatic carbocycles. The third-order valence-electron chi connectivity index (χ3n) is 6.94. The number of rotatable bonds is 8. The third kappa shape index (κ3) is 5.49. The van der Waals surface area contributed by atoms with Gasteiger partial charge in [0.25, 0.3) is 5.91 Å². The van der Waals surface area contributed by atoms with Crippen LogP contribution in [0.15, 0.2) is 78.9 Å². The van der Waals surface area contributed by atoms with Gasteiger partial charge >= 0.3 is 5.97 Å². The fourth-order valence-corrected chi connectivity index (χ4v) is 4.81. The molecule has 1 fully saturated rings. The first-order valence-electron chi connectivity index (χ1n) is 13.2. The molecule has 0 radical (unpaired) electrons. The van der Waals surface area contributed by atoms with E-state index in [1.807, 2.05) is 53.4 Å². The van der Waals surface area contributed by atoms with Crippen molar-refractivity contribution in [3.8, 4) is 28.4 Å². The summed E-state index contributed by atoms with van der Waals surface area (Å²) in [6.45, 7) is 4.72. The molecule has 0 atom stereocenters.